The molecule has 1 N–H and O–H groups in total. The molecule has 8 heteroatoms. The average Bonchev–Trinajstić information content (AvgIpc) is 2.89. The highest BCUT2D eigenvalue weighted by atomic mass is 79.9. The fourth-order valence-corrected chi connectivity index (χ4v) is 5.21. The smallest absolute Gasteiger partial charge is 0.243 e. The van der Waals surface area contributed by atoms with Gasteiger partial charge in [0.1, 0.15) is 0 Å². The van der Waals surface area contributed by atoms with Crippen LogP contribution in [0.5, 0.6) is 0 Å². The van der Waals surface area contributed by atoms with Gasteiger partial charge in [-0.1, -0.05) is 11.6 Å². The summed E-state index contributed by atoms with van der Waals surface area (Å²) in [6.45, 7) is 2.19. The third-order valence-electron chi connectivity index (χ3n) is 4.15. The number of piperidine rings is 1. The molecular weight excluding hydrogens is 399 g/mol. The van der Waals surface area contributed by atoms with Crippen molar-refractivity contribution < 1.29 is 8.42 Å². The Hall–Kier alpha value is 0.150. The Morgan fingerprint density at radius 2 is 2.10 bits per heavy atom. The lowest BCUT2D eigenvalue weighted by molar-refractivity contribution is 0.247. The maximum absolute atomic E-state index is 12.7. The van der Waals surface area contributed by atoms with E-state index < -0.39 is 10.0 Å². The number of fused-ring (bicyclic) bond motifs is 1. The van der Waals surface area contributed by atoms with Gasteiger partial charge in [-0.3, -0.25) is 0 Å². The largest absolute Gasteiger partial charge is 0.314 e. The predicted molar refractivity (Wildman–Crippen MR) is 89.7 cm³/mol. The first-order chi connectivity index (χ1) is 9.48. The predicted octanol–water partition coefficient (Wildman–Crippen LogP) is 2.90. The molecule has 0 saturated carbocycles. The number of nitrogens with zero attached hydrogens (tertiary/aromatic N) is 1. The minimum absolute atomic E-state index is 0. The van der Waals surface area contributed by atoms with E-state index >= 15 is 0 Å². The summed E-state index contributed by atoms with van der Waals surface area (Å²) in [6.07, 6.45) is 1.94. The Labute approximate surface area is 144 Å². The highest BCUT2D eigenvalue weighted by Gasteiger charge is 2.37. The summed E-state index contributed by atoms with van der Waals surface area (Å²) in [5.74, 6) is 0.439. The molecule has 1 aromatic carbocycles. The van der Waals surface area contributed by atoms with E-state index in [2.05, 4.69) is 21.2 Å². The van der Waals surface area contributed by atoms with Crippen LogP contribution in [0.15, 0.2) is 27.6 Å². The second-order valence-corrected chi connectivity index (χ2v) is 8.54. The summed E-state index contributed by atoms with van der Waals surface area (Å²) in [4.78, 5) is 0.304. The normalized spacial score (nSPS) is 26.2. The van der Waals surface area contributed by atoms with Crippen LogP contribution >= 0.6 is 39.9 Å². The standard InChI is InChI=1S/C13H16BrClN2O2S.ClH/c14-11-7-10(1-2-12(11)15)20(18,19)17-6-4-13-9(8-17)3-5-16-13;/h1-2,7,9,13,16H,3-6,8H2;1H. The van der Waals surface area contributed by atoms with Crippen LogP contribution in [0.3, 0.4) is 0 Å². The van der Waals surface area contributed by atoms with Gasteiger partial charge in [-0.2, -0.15) is 4.31 Å². The van der Waals surface area contributed by atoms with Gasteiger partial charge in [0.05, 0.1) is 9.92 Å². The summed E-state index contributed by atoms with van der Waals surface area (Å²) in [7, 11) is -3.42. The van der Waals surface area contributed by atoms with E-state index in [1.165, 1.54) is 0 Å². The third-order valence-corrected chi connectivity index (χ3v) is 7.22. The molecule has 4 nitrogen and oxygen atoms in total. The van der Waals surface area contributed by atoms with Crippen LogP contribution in [-0.4, -0.2) is 38.4 Å². The van der Waals surface area contributed by atoms with Crippen molar-refractivity contribution in [3.8, 4) is 0 Å². The molecule has 0 radical (unpaired) electrons. The van der Waals surface area contributed by atoms with Crippen LogP contribution in [0.1, 0.15) is 12.8 Å². The van der Waals surface area contributed by atoms with Crippen LogP contribution in [0.25, 0.3) is 0 Å². The van der Waals surface area contributed by atoms with Gasteiger partial charge in [0.25, 0.3) is 0 Å². The summed E-state index contributed by atoms with van der Waals surface area (Å²) < 4.78 is 27.6. The molecule has 118 valence electrons. The third kappa shape index (κ3) is 3.41. The van der Waals surface area contributed by atoms with Gasteiger partial charge in [-0.05, 0) is 59.4 Å². The van der Waals surface area contributed by atoms with Crippen molar-refractivity contribution in [3.05, 3.63) is 27.7 Å². The Bertz CT molecular complexity index is 627. The first-order valence-corrected chi connectivity index (χ1v) is 9.28. The molecule has 0 bridgehead atoms. The van der Waals surface area contributed by atoms with E-state index in [0.29, 0.717) is 39.4 Å². The fourth-order valence-electron chi connectivity index (χ4n) is 3.02. The van der Waals surface area contributed by atoms with Crippen molar-refractivity contribution in [3.63, 3.8) is 0 Å². The molecule has 0 aromatic heterocycles. The second kappa shape index (κ2) is 6.72. The molecule has 2 saturated heterocycles. The van der Waals surface area contributed by atoms with Gasteiger partial charge in [-0.25, -0.2) is 8.42 Å². The number of hydrogen-bond donors (Lipinski definition) is 1. The van der Waals surface area contributed by atoms with Gasteiger partial charge in [0.2, 0.25) is 10.0 Å². The summed E-state index contributed by atoms with van der Waals surface area (Å²) >= 11 is 9.21. The van der Waals surface area contributed by atoms with Crippen LogP contribution in [-0.2, 0) is 10.0 Å². The highest BCUT2D eigenvalue weighted by Crippen LogP contribution is 2.31. The number of sulfonamides is 1. The van der Waals surface area contributed by atoms with Gasteiger partial charge < -0.3 is 5.32 Å². The lowest BCUT2D eigenvalue weighted by Gasteiger charge is -2.34. The van der Waals surface area contributed by atoms with Gasteiger partial charge in [0, 0.05) is 23.6 Å². The van der Waals surface area contributed by atoms with E-state index in [4.69, 9.17) is 11.6 Å². The van der Waals surface area contributed by atoms with Gasteiger partial charge in [-0.15, -0.1) is 12.4 Å². The summed E-state index contributed by atoms with van der Waals surface area (Å²) in [5.41, 5.74) is 0. The topological polar surface area (TPSA) is 49.4 Å². The molecule has 0 amide bonds. The number of benzene rings is 1. The SMILES string of the molecule is Cl.O=S(=O)(c1ccc(Cl)c(Br)c1)N1CCC2NCCC2C1. The Morgan fingerprint density at radius 1 is 1.33 bits per heavy atom. The minimum atomic E-state index is -3.42. The van der Waals surface area contributed by atoms with Crippen molar-refractivity contribution >= 4 is 50.0 Å². The Kier molecular flexibility index (Phi) is 5.60. The second-order valence-electron chi connectivity index (χ2n) is 5.34. The van der Waals surface area contributed by atoms with Crippen LogP contribution in [0.2, 0.25) is 5.02 Å². The van der Waals surface area contributed by atoms with E-state index in [1.54, 1.807) is 22.5 Å². The first-order valence-electron chi connectivity index (χ1n) is 6.67. The van der Waals surface area contributed by atoms with Crippen LogP contribution in [0, 0.1) is 5.92 Å². The molecule has 0 aliphatic carbocycles. The first kappa shape index (κ1) is 17.5. The monoisotopic (exact) mass is 414 g/mol. The van der Waals surface area contributed by atoms with E-state index in [1.807, 2.05) is 0 Å². The Morgan fingerprint density at radius 3 is 2.81 bits per heavy atom. The van der Waals surface area contributed by atoms with Crippen molar-refractivity contribution in [1.29, 1.82) is 0 Å². The zero-order chi connectivity index (χ0) is 14.3. The van der Waals surface area contributed by atoms with Crippen molar-refractivity contribution in [2.24, 2.45) is 5.92 Å². The van der Waals surface area contributed by atoms with Crippen molar-refractivity contribution in [1.82, 2.24) is 9.62 Å². The number of hydrogen-bond acceptors (Lipinski definition) is 3. The molecule has 0 spiro atoms. The van der Waals surface area contributed by atoms with E-state index in [9.17, 15) is 8.42 Å². The maximum atomic E-state index is 12.7. The van der Waals surface area contributed by atoms with Crippen LogP contribution < -0.4 is 5.32 Å². The molecular formula is C13H17BrCl2N2O2S. The quantitative estimate of drug-likeness (QED) is 0.807. The lowest BCUT2D eigenvalue weighted by Crippen LogP contribution is -2.46. The van der Waals surface area contributed by atoms with E-state index in [-0.39, 0.29) is 12.4 Å². The van der Waals surface area contributed by atoms with Gasteiger partial charge in [0.15, 0.2) is 0 Å². The molecule has 1 aromatic rings. The molecule has 2 atom stereocenters. The summed E-state index contributed by atoms with van der Waals surface area (Å²) in [6, 6.07) is 5.25. The zero-order valence-corrected chi connectivity index (χ0v) is 15.2. The van der Waals surface area contributed by atoms with Crippen molar-refractivity contribution in [2.45, 2.75) is 23.8 Å². The number of rotatable bonds is 2. The zero-order valence-electron chi connectivity index (χ0n) is 11.3. The Balaban J connectivity index is 0.00000161. The minimum Gasteiger partial charge on any atom is -0.314 e. The maximum Gasteiger partial charge on any atom is 0.243 e. The number of nitrogens with one attached hydrogen (secondary N) is 1. The van der Waals surface area contributed by atoms with Gasteiger partial charge >= 0.3 is 0 Å². The highest BCUT2D eigenvalue weighted by molar-refractivity contribution is 9.10. The number of halogens is 3. The molecule has 2 fully saturated rings. The molecule has 3 rings (SSSR count). The fraction of sp³-hybridized carbons (Fsp3) is 0.538. The lowest BCUT2D eigenvalue weighted by atomic mass is 9.95. The molecule has 2 aliphatic heterocycles. The molecule has 2 unspecified atom stereocenters. The molecule has 2 heterocycles. The molecule has 21 heavy (non-hydrogen) atoms. The average molecular weight is 416 g/mol. The van der Waals surface area contributed by atoms with E-state index in [0.717, 1.165) is 19.4 Å². The molecule has 2 aliphatic rings. The summed E-state index contributed by atoms with van der Waals surface area (Å²) in [5, 5.41) is 3.96. The van der Waals surface area contributed by atoms with Crippen molar-refractivity contribution in [2.75, 3.05) is 19.6 Å². The van der Waals surface area contributed by atoms with Crippen LogP contribution in [0.4, 0.5) is 0 Å².